The minimum absolute atomic E-state index is 0.0328. The molecule has 154 valence electrons. The molecule has 0 spiro atoms. The fraction of sp³-hybridized carbons (Fsp3) is 0.208. The summed E-state index contributed by atoms with van der Waals surface area (Å²) in [7, 11) is 1.32. The summed E-state index contributed by atoms with van der Waals surface area (Å²) in [5.74, 6) is -0.928. The number of benzene rings is 2. The van der Waals surface area contributed by atoms with Crippen molar-refractivity contribution in [2.45, 2.75) is 26.7 Å². The molecule has 1 amide bonds. The van der Waals surface area contributed by atoms with E-state index < -0.39 is 5.97 Å². The van der Waals surface area contributed by atoms with Crippen molar-refractivity contribution in [2.24, 2.45) is 0 Å². The van der Waals surface area contributed by atoms with Gasteiger partial charge in [-0.05, 0) is 25.0 Å². The van der Waals surface area contributed by atoms with E-state index in [1.54, 1.807) is 24.3 Å². The van der Waals surface area contributed by atoms with Crippen molar-refractivity contribution >= 4 is 34.0 Å². The van der Waals surface area contributed by atoms with Crippen LogP contribution in [0.2, 0.25) is 0 Å². The van der Waals surface area contributed by atoms with Crippen LogP contribution < -0.4 is 5.32 Å². The van der Waals surface area contributed by atoms with E-state index in [1.165, 1.54) is 18.4 Å². The Kier molecular flexibility index (Phi) is 6.79. The molecule has 0 aliphatic heterocycles. The Morgan fingerprint density at radius 1 is 0.967 bits per heavy atom. The summed E-state index contributed by atoms with van der Waals surface area (Å²) >= 11 is 1.27. The third kappa shape index (κ3) is 4.83. The molecule has 5 nitrogen and oxygen atoms in total. The number of ketones is 1. The Morgan fingerprint density at radius 2 is 1.70 bits per heavy atom. The zero-order valence-electron chi connectivity index (χ0n) is 17.2. The summed E-state index contributed by atoms with van der Waals surface area (Å²) < 4.78 is 4.97. The second kappa shape index (κ2) is 9.50. The topological polar surface area (TPSA) is 72.5 Å². The lowest BCUT2D eigenvalue weighted by Gasteiger charge is -2.10. The number of thiophene rings is 1. The van der Waals surface area contributed by atoms with E-state index in [1.807, 2.05) is 43.5 Å². The molecule has 0 saturated carbocycles. The van der Waals surface area contributed by atoms with Crippen LogP contribution in [-0.2, 0) is 9.53 Å². The summed E-state index contributed by atoms with van der Waals surface area (Å²) in [6.45, 7) is 3.96. The predicted molar refractivity (Wildman–Crippen MR) is 119 cm³/mol. The normalized spacial score (nSPS) is 10.5. The van der Waals surface area contributed by atoms with Crippen molar-refractivity contribution < 1.29 is 19.1 Å². The zero-order valence-corrected chi connectivity index (χ0v) is 18.0. The van der Waals surface area contributed by atoms with E-state index >= 15 is 0 Å². The molecule has 0 aliphatic rings. The van der Waals surface area contributed by atoms with Crippen molar-refractivity contribution in [2.75, 3.05) is 12.4 Å². The quantitative estimate of drug-likeness (QED) is 0.408. The van der Waals surface area contributed by atoms with Crippen LogP contribution in [0.1, 0.15) is 44.7 Å². The second-order valence-electron chi connectivity index (χ2n) is 7.00. The molecule has 0 atom stereocenters. The molecule has 2 aromatic carbocycles. The number of Topliss-reactive ketones (excluding diaryl/α,β-unsaturated/α-hetero) is 1. The van der Waals surface area contributed by atoms with Gasteiger partial charge in [-0.15, -0.1) is 11.3 Å². The minimum Gasteiger partial charge on any atom is -0.465 e. The number of anilines is 1. The Balaban J connectivity index is 1.80. The Labute approximate surface area is 179 Å². The number of amides is 1. The molecule has 1 heterocycles. The van der Waals surface area contributed by atoms with Gasteiger partial charge in [0.1, 0.15) is 10.6 Å². The van der Waals surface area contributed by atoms with Crippen LogP contribution in [-0.4, -0.2) is 24.8 Å². The number of rotatable bonds is 7. The van der Waals surface area contributed by atoms with Gasteiger partial charge in [-0.3, -0.25) is 9.59 Å². The number of methoxy groups -OCH3 is 1. The SMILES string of the molecule is COC(=O)c1c(-c2cc(C)ccc2C)csc1NC(=O)CCC(=O)c1ccccc1. The number of hydrogen-bond donors (Lipinski definition) is 1. The van der Waals surface area contributed by atoms with E-state index in [9.17, 15) is 14.4 Å². The number of carbonyl (C=O) groups excluding carboxylic acids is 3. The molecule has 1 N–H and O–H groups in total. The van der Waals surface area contributed by atoms with Gasteiger partial charge >= 0.3 is 5.97 Å². The number of ether oxygens (including phenoxy) is 1. The molecule has 0 bridgehead atoms. The van der Waals surface area contributed by atoms with Crippen LogP contribution in [0.15, 0.2) is 53.9 Å². The Morgan fingerprint density at radius 3 is 2.40 bits per heavy atom. The first-order chi connectivity index (χ1) is 14.4. The monoisotopic (exact) mass is 421 g/mol. The van der Waals surface area contributed by atoms with E-state index in [0.29, 0.717) is 16.1 Å². The first-order valence-electron chi connectivity index (χ1n) is 9.56. The van der Waals surface area contributed by atoms with Gasteiger partial charge in [0.15, 0.2) is 5.78 Å². The zero-order chi connectivity index (χ0) is 21.7. The summed E-state index contributed by atoms with van der Waals surface area (Å²) in [4.78, 5) is 37.2. The Hall–Kier alpha value is -3.25. The molecule has 3 aromatic rings. The molecule has 0 aliphatic carbocycles. The molecular formula is C24H23NO4S. The third-order valence-corrected chi connectivity index (χ3v) is 5.69. The van der Waals surface area contributed by atoms with Crippen LogP contribution in [0.25, 0.3) is 11.1 Å². The summed E-state index contributed by atoms with van der Waals surface area (Å²) in [5.41, 5.74) is 4.65. The van der Waals surface area contributed by atoms with E-state index in [-0.39, 0.29) is 24.5 Å². The second-order valence-corrected chi connectivity index (χ2v) is 7.88. The maximum absolute atomic E-state index is 12.5. The fourth-order valence-corrected chi connectivity index (χ4v) is 4.13. The molecule has 30 heavy (non-hydrogen) atoms. The summed E-state index contributed by atoms with van der Waals surface area (Å²) in [6, 6.07) is 14.9. The number of carbonyl (C=O) groups is 3. The average Bonchev–Trinajstić information content (AvgIpc) is 3.16. The highest BCUT2D eigenvalue weighted by Crippen LogP contribution is 2.38. The molecule has 1 aromatic heterocycles. The predicted octanol–water partition coefficient (Wildman–Crippen LogP) is 5.42. The van der Waals surface area contributed by atoms with Crippen molar-refractivity contribution in [3.05, 3.63) is 76.2 Å². The lowest BCUT2D eigenvalue weighted by molar-refractivity contribution is -0.116. The number of esters is 1. The molecule has 3 rings (SSSR count). The maximum atomic E-state index is 12.5. The standard InChI is InChI=1S/C24H23NO4S/c1-15-9-10-16(2)18(13-15)19-14-30-23(22(19)24(28)29-3)25-21(27)12-11-20(26)17-7-5-4-6-8-17/h4-10,13-14H,11-12H2,1-3H3,(H,25,27). The lowest BCUT2D eigenvalue weighted by atomic mass is 9.97. The van der Waals surface area contributed by atoms with Crippen molar-refractivity contribution in [3.63, 3.8) is 0 Å². The fourth-order valence-electron chi connectivity index (χ4n) is 3.16. The molecule has 0 saturated heterocycles. The number of aryl methyl sites for hydroxylation is 2. The number of hydrogen-bond acceptors (Lipinski definition) is 5. The smallest absolute Gasteiger partial charge is 0.341 e. The van der Waals surface area contributed by atoms with Gasteiger partial charge in [-0.25, -0.2) is 4.79 Å². The molecular weight excluding hydrogens is 398 g/mol. The first kappa shape index (κ1) is 21.5. The van der Waals surface area contributed by atoms with Crippen LogP contribution >= 0.6 is 11.3 Å². The Bertz CT molecular complexity index is 1090. The van der Waals surface area contributed by atoms with Gasteiger partial charge < -0.3 is 10.1 Å². The lowest BCUT2D eigenvalue weighted by Crippen LogP contribution is -2.15. The molecule has 0 unspecified atom stereocenters. The van der Waals surface area contributed by atoms with Gasteiger partial charge in [-0.1, -0.05) is 54.1 Å². The minimum atomic E-state index is -0.511. The first-order valence-corrected chi connectivity index (χ1v) is 10.4. The van der Waals surface area contributed by atoms with Crippen LogP contribution in [0.5, 0.6) is 0 Å². The highest BCUT2D eigenvalue weighted by atomic mass is 32.1. The van der Waals surface area contributed by atoms with Crippen molar-refractivity contribution in [3.8, 4) is 11.1 Å². The maximum Gasteiger partial charge on any atom is 0.341 e. The van der Waals surface area contributed by atoms with Crippen LogP contribution in [0.4, 0.5) is 5.00 Å². The van der Waals surface area contributed by atoms with Crippen LogP contribution in [0, 0.1) is 13.8 Å². The third-order valence-electron chi connectivity index (χ3n) is 4.79. The molecule has 6 heteroatoms. The van der Waals surface area contributed by atoms with Crippen LogP contribution in [0.3, 0.4) is 0 Å². The van der Waals surface area contributed by atoms with Gasteiger partial charge in [-0.2, -0.15) is 0 Å². The van der Waals surface area contributed by atoms with Gasteiger partial charge in [0.05, 0.1) is 7.11 Å². The van der Waals surface area contributed by atoms with Gasteiger partial charge in [0, 0.05) is 29.3 Å². The van der Waals surface area contributed by atoms with E-state index in [4.69, 9.17) is 4.74 Å². The summed E-state index contributed by atoms with van der Waals surface area (Å²) in [6.07, 6.45) is 0.129. The van der Waals surface area contributed by atoms with Crippen molar-refractivity contribution in [1.29, 1.82) is 0 Å². The van der Waals surface area contributed by atoms with Gasteiger partial charge in [0.2, 0.25) is 5.91 Å². The molecule has 0 radical (unpaired) electrons. The molecule has 0 fully saturated rings. The van der Waals surface area contributed by atoms with Gasteiger partial charge in [0.25, 0.3) is 0 Å². The average molecular weight is 422 g/mol. The highest BCUT2D eigenvalue weighted by molar-refractivity contribution is 7.15. The van der Waals surface area contributed by atoms with E-state index in [0.717, 1.165) is 22.3 Å². The summed E-state index contributed by atoms with van der Waals surface area (Å²) in [5, 5.41) is 5.06. The number of nitrogens with one attached hydrogen (secondary N) is 1. The van der Waals surface area contributed by atoms with E-state index in [2.05, 4.69) is 5.32 Å². The largest absolute Gasteiger partial charge is 0.465 e. The highest BCUT2D eigenvalue weighted by Gasteiger charge is 2.23. The van der Waals surface area contributed by atoms with Crippen molar-refractivity contribution in [1.82, 2.24) is 0 Å².